The van der Waals surface area contributed by atoms with Crippen LogP contribution in [0.2, 0.25) is 0 Å². The molecule has 3 heteroatoms. The van der Waals surface area contributed by atoms with Gasteiger partial charge in [-0.3, -0.25) is 4.79 Å². The highest BCUT2D eigenvalue weighted by Gasteiger charge is 2.50. The molecule has 2 aliphatic carbocycles. The zero-order valence-electron chi connectivity index (χ0n) is 17.3. The third-order valence-corrected chi connectivity index (χ3v) is 6.98. The molecule has 2 aliphatic rings. The number of Topliss-reactive ketones (excluding diaryl/α,β-unsaturated/α-hetero) is 1. The third-order valence-electron chi connectivity index (χ3n) is 6.98. The molecule has 154 valence electrons. The fourth-order valence-electron chi connectivity index (χ4n) is 5.55. The van der Waals surface area contributed by atoms with Crippen LogP contribution in [0, 0.1) is 5.92 Å². The van der Waals surface area contributed by atoms with Gasteiger partial charge in [-0.2, -0.15) is 0 Å². The van der Waals surface area contributed by atoms with E-state index in [-0.39, 0.29) is 17.1 Å². The van der Waals surface area contributed by atoms with Crippen LogP contribution in [0.15, 0.2) is 84.4 Å². The standard InChI is InChI=1S/C28H24O3/c29-26-17-24-13-11-20-16-21(27(30)31)12-14-25(20)28(24,23-9-5-2-6-10-23)18-22(26)15-19-7-3-1-4-8-19/h1-10,12,14-16,24H,11,13,17-18H2,(H,30,31)/b22-15+. The summed E-state index contributed by atoms with van der Waals surface area (Å²) in [5.74, 6) is -0.466. The number of benzene rings is 3. The summed E-state index contributed by atoms with van der Waals surface area (Å²) in [5, 5.41) is 9.49. The first-order valence-corrected chi connectivity index (χ1v) is 10.8. The molecule has 1 saturated carbocycles. The number of carbonyl (C=O) groups excluding carboxylic acids is 1. The highest BCUT2D eigenvalue weighted by atomic mass is 16.4. The number of hydrogen-bond donors (Lipinski definition) is 1. The maximum atomic E-state index is 13.1. The Morgan fingerprint density at radius 1 is 0.968 bits per heavy atom. The maximum Gasteiger partial charge on any atom is 0.335 e. The first kappa shape index (κ1) is 19.5. The van der Waals surface area contributed by atoms with Gasteiger partial charge < -0.3 is 5.11 Å². The lowest BCUT2D eigenvalue weighted by Gasteiger charge is -2.49. The van der Waals surface area contributed by atoms with Crippen LogP contribution in [0.4, 0.5) is 0 Å². The van der Waals surface area contributed by atoms with Crippen LogP contribution in [0.3, 0.4) is 0 Å². The summed E-state index contributed by atoms with van der Waals surface area (Å²) in [5.41, 5.74) is 5.36. The molecule has 0 spiro atoms. The van der Waals surface area contributed by atoms with Gasteiger partial charge in [-0.25, -0.2) is 4.79 Å². The van der Waals surface area contributed by atoms with E-state index in [2.05, 4.69) is 24.3 Å². The molecule has 3 nitrogen and oxygen atoms in total. The minimum atomic E-state index is -0.901. The Morgan fingerprint density at radius 3 is 2.39 bits per heavy atom. The molecular formula is C28H24O3. The van der Waals surface area contributed by atoms with E-state index in [9.17, 15) is 14.7 Å². The summed E-state index contributed by atoms with van der Waals surface area (Å²) < 4.78 is 0. The molecule has 2 unspecified atom stereocenters. The summed E-state index contributed by atoms with van der Waals surface area (Å²) >= 11 is 0. The fraction of sp³-hybridized carbons (Fsp3) is 0.214. The van der Waals surface area contributed by atoms with Crippen molar-refractivity contribution in [2.45, 2.75) is 31.1 Å². The van der Waals surface area contributed by atoms with Gasteiger partial charge in [0.05, 0.1) is 5.56 Å². The van der Waals surface area contributed by atoms with E-state index in [1.165, 1.54) is 11.1 Å². The van der Waals surface area contributed by atoms with Crippen molar-refractivity contribution in [1.82, 2.24) is 0 Å². The number of carbonyl (C=O) groups is 2. The molecule has 5 rings (SSSR count). The van der Waals surface area contributed by atoms with Crippen LogP contribution in [-0.4, -0.2) is 16.9 Å². The number of carboxylic acids is 1. The molecule has 0 saturated heterocycles. The van der Waals surface area contributed by atoms with Crippen LogP contribution in [0.5, 0.6) is 0 Å². The number of ketones is 1. The molecule has 1 fully saturated rings. The topological polar surface area (TPSA) is 54.4 Å². The quantitative estimate of drug-likeness (QED) is 0.567. The van der Waals surface area contributed by atoms with Crippen LogP contribution in [0.1, 0.15) is 51.9 Å². The highest BCUT2D eigenvalue weighted by Crippen LogP contribution is 2.54. The third kappa shape index (κ3) is 3.31. The van der Waals surface area contributed by atoms with Crippen LogP contribution in [0.25, 0.3) is 6.08 Å². The lowest BCUT2D eigenvalue weighted by Crippen LogP contribution is -2.46. The Morgan fingerprint density at radius 2 is 1.68 bits per heavy atom. The highest BCUT2D eigenvalue weighted by molar-refractivity contribution is 6.01. The molecule has 0 bridgehead atoms. The molecule has 3 aromatic rings. The van der Waals surface area contributed by atoms with Gasteiger partial charge in [-0.05, 0) is 71.2 Å². The molecule has 3 aromatic carbocycles. The maximum absolute atomic E-state index is 13.1. The largest absolute Gasteiger partial charge is 0.478 e. The van der Waals surface area contributed by atoms with Gasteiger partial charge in [0.25, 0.3) is 0 Å². The molecule has 0 aromatic heterocycles. The Kier molecular flexibility index (Phi) is 4.82. The van der Waals surface area contributed by atoms with Gasteiger partial charge in [-0.15, -0.1) is 0 Å². The molecule has 31 heavy (non-hydrogen) atoms. The van der Waals surface area contributed by atoms with Gasteiger partial charge in [0.15, 0.2) is 5.78 Å². The monoisotopic (exact) mass is 408 g/mol. The van der Waals surface area contributed by atoms with Crippen LogP contribution >= 0.6 is 0 Å². The van der Waals surface area contributed by atoms with Crippen molar-refractivity contribution in [2.24, 2.45) is 5.92 Å². The average molecular weight is 408 g/mol. The summed E-state index contributed by atoms with van der Waals surface area (Å²) in [6, 6.07) is 26.0. The molecule has 0 amide bonds. The lowest BCUT2D eigenvalue weighted by molar-refractivity contribution is -0.118. The first-order chi connectivity index (χ1) is 15.1. The predicted molar refractivity (Wildman–Crippen MR) is 121 cm³/mol. The zero-order chi connectivity index (χ0) is 21.4. The molecule has 2 atom stereocenters. The fourth-order valence-corrected chi connectivity index (χ4v) is 5.55. The Labute approximate surface area is 182 Å². The number of hydrogen-bond acceptors (Lipinski definition) is 2. The number of aromatic carboxylic acids is 1. The van der Waals surface area contributed by atoms with Crippen molar-refractivity contribution in [1.29, 1.82) is 0 Å². The average Bonchev–Trinajstić information content (AvgIpc) is 2.80. The number of fused-ring (bicyclic) bond motifs is 3. The number of aryl methyl sites for hydroxylation is 1. The van der Waals surface area contributed by atoms with Gasteiger partial charge in [0.1, 0.15) is 0 Å². The SMILES string of the molecule is O=C1CC2CCc3cc(C(=O)O)ccc3C2(c2ccccc2)C/C1=C\c1ccccc1. The summed E-state index contributed by atoms with van der Waals surface area (Å²) in [6.45, 7) is 0. The summed E-state index contributed by atoms with van der Waals surface area (Å²) in [7, 11) is 0. The Hall–Kier alpha value is -3.46. The Balaban J connectivity index is 1.70. The van der Waals surface area contributed by atoms with Gasteiger partial charge in [-0.1, -0.05) is 66.7 Å². The molecule has 1 N–H and O–H groups in total. The summed E-state index contributed by atoms with van der Waals surface area (Å²) in [6.07, 6.45) is 4.88. The van der Waals surface area contributed by atoms with E-state index in [0.29, 0.717) is 18.4 Å². The first-order valence-electron chi connectivity index (χ1n) is 10.8. The normalized spacial score (nSPS) is 23.8. The van der Waals surface area contributed by atoms with E-state index in [1.54, 1.807) is 6.07 Å². The smallest absolute Gasteiger partial charge is 0.335 e. The summed E-state index contributed by atoms with van der Waals surface area (Å²) in [4.78, 5) is 24.7. The van der Waals surface area contributed by atoms with E-state index in [4.69, 9.17) is 0 Å². The second kappa shape index (κ2) is 7.66. The van der Waals surface area contributed by atoms with E-state index < -0.39 is 5.97 Å². The molecule has 0 aliphatic heterocycles. The van der Waals surface area contributed by atoms with Gasteiger partial charge in [0.2, 0.25) is 0 Å². The van der Waals surface area contributed by atoms with Crippen molar-refractivity contribution in [3.05, 3.63) is 112 Å². The molecular weight excluding hydrogens is 384 g/mol. The van der Waals surface area contributed by atoms with Crippen LogP contribution < -0.4 is 0 Å². The van der Waals surface area contributed by atoms with Gasteiger partial charge >= 0.3 is 5.97 Å². The van der Waals surface area contributed by atoms with Crippen molar-refractivity contribution in [3.63, 3.8) is 0 Å². The van der Waals surface area contributed by atoms with Crippen molar-refractivity contribution in [2.75, 3.05) is 0 Å². The van der Waals surface area contributed by atoms with Gasteiger partial charge in [0, 0.05) is 11.8 Å². The van der Waals surface area contributed by atoms with E-state index in [0.717, 1.165) is 29.5 Å². The minimum absolute atomic E-state index is 0.207. The molecule has 0 radical (unpaired) electrons. The van der Waals surface area contributed by atoms with Crippen LogP contribution in [-0.2, 0) is 16.6 Å². The van der Waals surface area contributed by atoms with Crippen molar-refractivity contribution >= 4 is 17.8 Å². The number of rotatable bonds is 3. The predicted octanol–water partition coefficient (Wildman–Crippen LogP) is 5.68. The second-order valence-electron chi connectivity index (χ2n) is 8.63. The number of carboxylic acid groups (broad SMARTS) is 1. The minimum Gasteiger partial charge on any atom is -0.478 e. The Bertz CT molecular complexity index is 1180. The zero-order valence-corrected chi connectivity index (χ0v) is 17.3. The van der Waals surface area contributed by atoms with E-state index >= 15 is 0 Å². The van der Waals surface area contributed by atoms with E-state index in [1.807, 2.05) is 54.6 Å². The van der Waals surface area contributed by atoms with Crippen molar-refractivity contribution in [3.8, 4) is 0 Å². The second-order valence-corrected chi connectivity index (χ2v) is 8.63. The number of allylic oxidation sites excluding steroid dienone is 1. The van der Waals surface area contributed by atoms with Crippen molar-refractivity contribution < 1.29 is 14.7 Å². The molecule has 0 heterocycles. The lowest BCUT2D eigenvalue weighted by atomic mass is 9.53.